The second kappa shape index (κ2) is 6.05. The number of nitrogens with zero attached hydrogens (tertiary/aromatic N) is 2. The number of nitrogens with one attached hydrogen (secondary N) is 1. The Morgan fingerprint density at radius 1 is 1.25 bits per heavy atom. The SMILES string of the molecule is Cc1cc(NC(=O)c2ccc(N(C)C)cc2)cnc1Br. The van der Waals surface area contributed by atoms with Gasteiger partial charge in [0.05, 0.1) is 11.9 Å². The second-order valence-corrected chi connectivity index (χ2v) is 5.48. The monoisotopic (exact) mass is 333 g/mol. The number of halogens is 1. The molecule has 1 aromatic heterocycles. The van der Waals surface area contributed by atoms with E-state index in [1.54, 1.807) is 6.20 Å². The molecule has 1 amide bonds. The highest BCUT2D eigenvalue weighted by atomic mass is 79.9. The summed E-state index contributed by atoms with van der Waals surface area (Å²) in [7, 11) is 3.93. The summed E-state index contributed by atoms with van der Waals surface area (Å²) in [6.45, 7) is 1.93. The van der Waals surface area contributed by atoms with Gasteiger partial charge >= 0.3 is 0 Å². The highest BCUT2D eigenvalue weighted by Crippen LogP contribution is 2.18. The van der Waals surface area contributed by atoms with Crippen molar-refractivity contribution in [3.63, 3.8) is 0 Å². The van der Waals surface area contributed by atoms with Gasteiger partial charge in [-0.15, -0.1) is 0 Å². The Balaban J connectivity index is 2.13. The molecule has 1 heterocycles. The average Bonchev–Trinajstić information content (AvgIpc) is 2.43. The van der Waals surface area contributed by atoms with Crippen LogP contribution in [0.2, 0.25) is 0 Å². The van der Waals surface area contributed by atoms with Crippen LogP contribution in [0, 0.1) is 6.92 Å². The molecule has 0 atom stereocenters. The van der Waals surface area contributed by atoms with Gasteiger partial charge in [-0.3, -0.25) is 4.79 Å². The van der Waals surface area contributed by atoms with Crippen LogP contribution in [0.25, 0.3) is 0 Å². The number of pyridine rings is 1. The number of rotatable bonds is 3. The van der Waals surface area contributed by atoms with Crippen molar-refractivity contribution in [1.29, 1.82) is 0 Å². The first-order valence-electron chi connectivity index (χ1n) is 6.18. The van der Waals surface area contributed by atoms with Gasteiger partial charge in [-0.1, -0.05) is 0 Å². The second-order valence-electron chi connectivity index (χ2n) is 4.73. The average molecular weight is 334 g/mol. The fourth-order valence-corrected chi connectivity index (χ4v) is 1.96. The molecule has 0 saturated carbocycles. The van der Waals surface area contributed by atoms with E-state index in [9.17, 15) is 4.79 Å². The maximum Gasteiger partial charge on any atom is 0.255 e. The van der Waals surface area contributed by atoms with Crippen molar-refractivity contribution in [3.8, 4) is 0 Å². The van der Waals surface area contributed by atoms with E-state index < -0.39 is 0 Å². The van der Waals surface area contributed by atoms with E-state index >= 15 is 0 Å². The molecule has 0 aliphatic heterocycles. The molecule has 2 aromatic rings. The molecular weight excluding hydrogens is 318 g/mol. The van der Waals surface area contributed by atoms with Crippen molar-refractivity contribution in [3.05, 3.63) is 52.3 Å². The van der Waals surface area contributed by atoms with E-state index in [-0.39, 0.29) is 5.91 Å². The highest BCUT2D eigenvalue weighted by Gasteiger charge is 2.07. The van der Waals surface area contributed by atoms with Crippen LogP contribution in [-0.2, 0) is 0 Å². The zero-order valence-electron chi connectivity index (χ0n) is 11.6. The summed E-state index contributed by atoms with van der Waals surface area (Å²) in [5, 5.41) is 2.84. The Hall–Kier alpha value is -1.88. The fraction of sp³-hybridized carbons (Fsp3) is 0.200. The molecule has 5 heteroatoms. The molecule has 1 aromatic carbocycles. The largest absolute Gasteiger partial charge is 0.378 e. The van der Waals surface area contributed by atoms with Gasteiger partial charge in [-0.2, -0.15) is 0 Å². The molecule has 0 spiro atoms. The molecule has 0 radical (unpaired) electrons. The maximum atomic E-state index is 12.1. The molecular formula is C15H16BrN3O. The van der Waals surface area contributed by atoms with E-state index in [0.29, 0.717) is 11.3 Å². The summed E-state index contributed by atoms with van der Waals surface area (Å²) >= 11 is 3.33. The van der Waals surface area contributed by atoms with Gasteiger partial charge in [0.2, 0.25) is 0 Å². The molecule has 0 aliphatic rings. The lowest BCUT2D eigenvalue weighted by Crippen LogP contribution is -2.13. The molecule has 0 saturated heterocycles. The molecule has 4 nitrogen and oxygen atoms in total. The molecule has 0 fully saturated rings. The van der Waals surface area contributed by atoms with Gasteiger partial charge < -0.3 is 10.2 Å². The van der Waals surface area contributed by atoms with Crippen LogP contribution in [0.15, 0.2) is 41.1 Å². The third-order valence-electron chi connectivity index (χ3n) is 2.92. The van der Waals surface area contributed by atoms with Crippen molar-refractivity contribution < 1.29 is 4.79 Å². The number of aryl methyl sites for hydroxylation is 1. The number of amides is 1. The Morgan fingerprint density at radius 3 is 2.45 bits per heavy atom. The van der Waals surface area contributed by atoms with Gasteiger partial charge in [0, 0.05) is 25.3 Å². The van der Waals surface area contributed by atoms with Crippen molar-refractivity contribution in [2.75, 3.05) is 24.3 Å². The van der Waals surface area contributed by atoms with Gasteiger partial charge in [-0.05, 0) is 58.7 Å². The molecule has 2 rings (SSSR count). The summed E-state index contributed by atoms with van der Waals surface area (Å²) < 4.78 is 0.783. The topological polar surface area (TPSA) is 45.2 Å². The number of hydrogen-bond acceptors (Lipinski definition) is 3. The van der Waals surface area contributed by atoms with Crippen molar-refractivity contribution in [2.24, 2.45) is 0 Å². The lowest BCUT2D eigenvalue weighted by Gasteiger charge is -2.12. The number of carbonyl (C=O) groups excluding carboxylic acids is 1. The highest BCUT2D eigenvalue weighted by molar-refractivity contribution is 9.10. The first-order valence-corrected chi connectivity index (χ1v) is 6.97. The minimum absolute atomic E-state index is 0.140. The Morgan fingerprint density at radius 2 is 1.90 bits per heavy atom. The first-order chi connectivity index (χ1) is 9.47. The molecule has 0 bridgehead atoms. The summed E-state index contributed by atoms with van der Waals surface area (Å²) in [5.41, 5.74) is 3.34. The molecule has 104 valence electrons. The van der Waals surface area contributed by atoms with Crippen LogP contribution >= 0.6 is 15.9 Å². The molecule has 20 heavy (non-hydrogen) atoms. The maximum absolute atomic E-state index is 12.1. The van der Waals surface area contributed by atoms with Gasteiger partial charge in [0.15, 0.2) is 0 Å². The van der Waals surface area contributed by atoms with Crippen molar-refractivity contribution >= 4 is 33.2 Å². The Bertz CT molecular complexity index is 624. The number of anilines is 2. The molecule has 1 N–H and O–H groups in total. The Labute approximate surface area is 127 Å². The van der Waals surface area contributed by atoms with Gasteiger partial charge in [0.1, 0.15) is 4.60 Å². The molecule has 0 unspecified atom stereocenters. The van der Waals surface area contributed by atoms with E-state index in [1.807, 2.05) is 56.3 Å². The summed E-state index contributed by atoms with van der Waals surface area (Å²) in [6.07, 6.45) is 1.63. The van der Waals surface area contributed by atoms with Crippen LogP contribution < -0.4 is 10.2 Å². The minimum atomic E-state index is -0.140. The van der Waals surface area contributed by atoms with E-state index in [1.165, 1.54) is 0 Å². The first kappa shape index (κ1) is 14.5. The number of hydrogen-bond donors (Lipinski definition) is 1. The summed E-state index contributed by atoms with van der Waals surface area (Å²) in [4.78, 5) is 18.3. The van der Waals surface area contributed by atoms with Crippen LogP contribution in [-0.4, -0.2) is 25.0 Å². The standard InChI is InChI=1S/C15H16BrN3O/c1-10-8-12(9-17-14(10)16)18-15(20)11-4-6-13(7-5-11)19(2)3/h4-9H,1-3H3,(H,18,20). The lowest BCUT2D eigenvalue weighted by atomic mass is 10.2. The van der Waals surface area contributed by atoms with Crippen LogP contribution in [0.4, 0.5) is 11.4 Å². The zero-order chi connectivity index (χ0) is 14.7. The van der Waals surface area contributed by atoms with Gasteiger partial charge in [-0.25, -0.2) is 4.98 Å². The van der Waals surface area contributed by atoms with E-state index in [4.69, 9.17) is 0 Å². The predicted octanol–water partition coefficient (Wildman–Crippen LogP) is 3.47. The quantitative estimate of drug-likeness (QED) is 0.874. The minimum Gasteiger partial charge on any atom is -0.378 e. The smallest absolute Gasteiger partial charge is 0.255 e. The Kier molecular flexibility index (Phi) is 4.39. The van der Waals surface area contributed by atoms with Crippen LogP contribution in [0.1, 0.15) is 15.9 Å². The van der Waals surface area contributed by atoms with Crippen molar-refractivity contribution in [2.45, 2.75) is 6.92 Å². The van der Waals surface area contributed by atoms with Crippen molar-refractivity contribution in [1.82, 2.24) is 4.98 Å². The van der Waals surface area contributed by atoms with E-state index in [2.05, 4.69) is 26.2 Å². The predicted molar refractivity (Wildman–Crippen MR) is 85.4 cm³/mol. The summed E-state index contributed by atoms with van der Waals surface area (Å²) in [5.74, 6) is -0.140. The third kappa shape index (κ3) is 3.36. The van der Waals surface area contributed by atoms with Crippen LogP contribution in [0.5, 0.6) is 0 Å². The number of carbonyl (C=O) groups is 1. The summed E-state index contributed by atoms with van der Waals surface area (Å²) in [6, 6.07) is 9.33. The molecule has 0 aliphatic carbocycles. The van der Waals surface area contributed by atoms with Gasteiger partial charge in [0.25, 0.3) is 5.91 Å². The fourth-order valence-electron chi connectivity index (χ4n) is 1.74. The zero-order valence-corrected chi connectivity index (χ0v) is 13.2. The normalized spacial score (nSPS) is 10.2. The number of benzene rings is 1. The lowest BCUT2D eigenvalue weighted by molar-refractivity contribution is 0.102. The number of aromatic nitrogens is 1. The third-order valence-corrected chi connectivity index (χ3v) is 3.75. The van der Waals surface area contributed by atoms with E-state index in [0.717, 1.165) is 15.9 Å². The van der Waals surface area contributed by atoms with Crippen LogP contribution in [0.3, 0.4) is 0 Å².